The second-order valence-corrected chi connectivity index (χ2v) is 11.2. The highest BCUT2D eigenvalue weighted by Crippen LogP contribution is 2.07. The van der Waals surface area contributed by atoms with E-state index >= 15 is 0 Å². The van der Waals surface area contributed by atoms with Crippen molar-refractivity contribution in [3.8, 4) is 0 Å². The van der Waals surface area contributed by atoms with Gasteiger partial charge in [0.05, 0.1) is 13.7 Å². The number of carboxylic acids is 1. The summed E-state index contributed by atoms with van der Waals surface area (Å²) in [6.07, 6.45) is -0.895. The van der Waals surface area contributed by atoms with E-state index in [-0.39, 0.29) is 19.4 Å². The minimum absolute atomic E-state index is 0.0366. The first-order chi connectivity index (χ1) is 9.15. The second-order valence-electron chi connectivity index (χ2n) is 5.60. The fourth-order valence-electron chi connectivity index (χ4n) is 1.26. The fraction of sp³-hybridized carbons (Fsp3) is 0.750. The maximum absolute atomic E-state index is 11.5. The van der Waals surface area contributed by atoms with E-state index < -0.39 is 32.1 Å². The fourth-order valence-corrected chi connectivity index (χ4v) is 1.97. The van der Waals surface area contributed by atoms with Crippen molar-refractivity contribution in [1.29, 1.82) is 0 Å². The number of amides is 1. The second kappa shape index (κ2) is 8.57. The van der Waals surface area contributed by atoms with Crippen molar-refractivity contribution in [1.82, 2.24) is 5.32 Å². The van der Waals surface area contributed by atoms with Crippen LogP contribution >= 0.6 is 0 Å². The van der Waals surface area contributed by atoms with E-state index in [1.54, 1.807) is 0 Å². The first-order valence-corrected chi connectivity index (χ1v) is 10.1. The van der Waals surface area contributed by atoms with Crippen LogP contribution in [0, 0.1) is 0 Å². The average Bonchev–Trinajstić information content (AvgIpc) is 2.31. The number of carbonyl (C=O) groups is 3. The molecule has 1 amide bonds. The topological polar surface area (TPSA) is 102 Å². The monoisotopic (exact) mass is 305 g/mol. The van der Waals surface area contributed by atoms with Crippen molar-refractivity contribution >= 4 is 26.1 Å². The number of rotatable bonds is 8. The number of hydrogen-bond acceptors (Lipinski definition) is 5. The van der Waals surface area contributed by atoms with Gasteiger partial charge in [-0.15, -0.1) is 0 Å². The van der Waals surface area contributed by atoms with E-state index in [2.05, 4.69) is 29.7 Å². The van der Waals surface area contributed by atoms with Crippen LogP contribution in [-0.4, -0.2) is 51.0 Å². The van der Waals surface area contributed by atoms with Crippen molar-refractivity contribution in [2.24, 2.45) is 0 Å². The molecule has 0 rings (SSSR count). The van der Waals surface area contributed by atoms with E-state index in [4.69, 9.17) is 9.84 Å². The van der Waals surface area contributed by atoms with Crippen LogP contribution in [-0.2, 0) is 19.1 Å². The zero-order valence-corrected chi connectivity index (χ0v) is 13.4. The van der Waals surface area contributed by atoms with E-state index in [9.17, 15) is 14.4 Å². The number of aliphatic carboxylic acids is 1. The number of carboxylic acid groups (broad SMARTS) is 1. The summed E-state index contributed by atoms with van der Waals surface area (Å²) in [5.41, 5.74) is 0. The molecule has 0 radical (unpaired) electrons. The molecule has 0 aliphatic carbocycles. The van der Waals surface area contributed by atoms with Crippen LogP contribution in [0.4, 0.5) is 4.79 Å². The van der Waals surface area contributed by atoms with Gasteiger partial charge >= 0.3 is 18.0 Å². The molecule has 2 N–H and O–H groups in total. The number of ether oxygens (including phenoxy) is 2. The van der Waals surface area contributed by atoms with Crippen molar-refractivity contribution in [3.63, 3.8) is 0 Å². The number of carbonyl (C=O) groups excluding carboxylic acids is 2. The first kappa shape index (κ1) is 18.4. The van der Waals surface area contributed by atoms with Crippen molar-refractivity contribution in [3.05, 3.63) is 0 Å². The van der Waals surface area contributed by atoms with E-state index in [1.807, 2.05) is 0 Å². The zero-order chi connectivity index (χ0) is 15.8. The predicted octanol–water partition coefficient (Wildman–Crippen LogP) is 1.46. The largest absolute Gasteiger partial charge is 0.480 e. The summed E-state index contributed by atoms with van der Waals surface area (Å²) >= 11 is 0. The van der Waals surface area contributed by atoms with Crippen molar-refractivity contribution in [2.75, 3.05) is 13.7 Å². The molecule has 0 aromatic rings. The minimum atomic E-state index is -1.30. The molecule has 0 saturated carbocycles. The Kier molecular flexibility index (Phi) is 7.89. The quantitative estimate of drug-likeness (QED) is 0.520. The maximum Gasteiger partial charge on any atom is 0.407 e. The highest BCUT2D eigenvalue weighted by molar-refractivity contribution is 6.76. The lowest BCUT2D eigenvalue weighted by Crippen LogP contribution is -2.41. The van der Waals surface area contributed by atoms with Crippen LogP contribution in [0.25, 0.3) is 0 Å². The Hall–Kier alpha value is -1.57. The van der Waals surface area contributed by atoms with Gasteiger partial charge < -0.3 is 19.9 Å². The Bertz CT molecular complexity index is 352. The van der Waals surface area contributed by atoms with Crippen molar-refractivity contribution < 1.29 is 29.0 Å². The van der Waals surface area contributed by atoms with Crippen LogP contribution in [0.3, 0.4) is 0 Å². The molecule has 0 unspecified atom stereocenters. The molecule has 8 heteroatoms. The molecular weight excluding hydrogens is 282 g/mol. The molecule has 0 spiro atoms. The molecule has 0 aromatic carbocycles. The SMILES string of the molecule is COC(=O)CC[C@H](NC(=O)OCC[Si](C)(C)C)C(=O)O. The third-order valence-electron chi connectivity index (χ3n) is 2.54. The molecule has 7 nitrogen and oxygen atoms in total. The molecule has 0 aromatic heterocycles. The van der Waals surface area contributed by atoms with Gasteiger partial charge in [-0.25, -0.2) is 9.59 Å². The van der Waals surface area contributed by atoms with Gasteiger partial charge in [0.1, 0.15) is 6.04 Å². The summed E-state index contributed by atoms with van der Waals surface area (Å²) in [6, 6.07) is -0.353. The molecule has 0 saturated heterocycles. The Labute approximate surface area is 119 Å². The minimum Gasteiger partial charge on any atom is -0.480 e. The standard InChI is InChI=1S/C12H23NO6Si/c1-18-10(14)6-5-9(11(15)16)13-12(17)19-7-8-20(2,3)4/h9H,5-8H2,1-4H3,(H,13,17)(H,15,16)/t9-/m0/s1. The summed E-state index contributed by atoms with van der Waals surface area (Å²) in [5, 5.41) is 11.2. The summed E-state index contributed by atoms with van der Waals surface area (Å²) < 4.78 is 9.35. The summed E-state index contributed by atoms with van der Waals surface area (Å²) in [6.45, 7) is 6.70. The predicted molar refractivity (Wildman–Crippen MR) is 75.3 cm³/mol. The molecule has 1 atom stereocenters. The molecule has 20 heavy (non-hydrogen) atoms. The highest BCUT2D eigenvalue weighted by Gasteiger charge is 2.22. The Morgan fingerprint density at radius 1 is 1.25 bits per heavy atom. The molecule has 116 valence electrons. The number of methoxy groups -OCH3 is 1. The normalized spacial score (nSPS) is 12.4. The lowest BCUT2D eigenvalue weighted by atomic mass is 10.1. The number of alkyl carbamates (subject to hydrolysis) is 1. The maximum atomic E-state index is 11.5. The smallest absolute Gasteiger partial charge is 0.407 e. The number of hydrogen-bond donors (Lipinski definition) is 2. The molecule has 0 heterocycles. The van der Waals surface area contributed by atoms with Gasteiger partial charge in [-0.2, -0.15) is 0 Å². The summed E-state index contributed by atoms with van der Waals surface area (Å²) in [7, 11) is -0.0849. The Morgan fingerprint density at radius 3 is 2.30 bits per heavy atom. The van der Waals surface area contributed by atoms with Crippen LogP contribution in [0.15, 0.2) is 0 Å². The van der Waals surface area contributed by atoms with E-state index in [1.165, 1.54) is 7.11 Å². The van der Waals surface area contributed by atoms with E-state index in [0.29, 0.717) is 0 Å². The Morgan fingerprint density at radius 2 is 1.85 bits per heavy atom. The Balaban J connectivity index is 4.15. The highest BCUT2D eigenvalue weighted by atomic mass is 28.3. The van der Waals surface area contributed by atoms with Gasteiger partial charge in [0.2, 0.25) is 0 Å². The van der Waals surface area contributed by atoms with Gasteiger partial charge in [0.25, 0.3) is 0 Å². The zero-order valence-electron chi connectivity index (χ0n) is 12.4. The molecular formula is C12H23NO6Si. The van der Waals surface area contributed by atoms with Crippen molar-refractivity contribution in [2.45, 2.75) is 44.6 Å². The van der Waals surface area contributed by atoms with Gasteiger partial charge in [0, 0.05) is 14.5 Å². The lowest BCUT2D eigenvalue weighted by Gasteiger charge is -2.17. The average molecular weight is 305 g/mol. The summed E-state index contributed by atoms with van der Waals surface area (Å²) in [4.78, 5) is 33.4. The van der Waals surface area contributed by atoms with Crippen LogP contribution in [0.1, 0.15) is 12.8 Å². The molecule has 0 fully saturated rings. The number of esters is 1. The van der Waals surface area contributed by atoms with Crippen LogP contribution in [0.2, 0.25) is 25.7 Å². The summed E-state index contributed by atoms with van der Waals surface area (Å²) in [5.74, 6) is -1.74. The first-order valence-electron chi connectivity index (χ1n) is 6.38. The molecule has 0 aliphatic rings. The van der Waals surface area contributed by atoms with Gasteiger partial charge in [-0.05, 0) is 12.5 Å². The third-order valence-corrected chi connectivity index (χ3v) is 4.24. The third kappa shape index (κ3) is 9.37. The van der Waals surface area contributed by atoms with Gasteiger partial charge in [-0.1, -0.05) is 19.6 Å². The molecule has 0 aliphatic heterocycles. The number of nitrogens with one attached hydrogen (secondary N) is 1. The lowest BCUT2D eigenvalue weighted by molar-refractivity contribution is -0.142. The van der Waals surface area contributed by atoms with Gasteiger partial charge in [-0.3, -0.25) is 4.79 Å². The van der Waals surface area contributed by atoms with E-state index in [0.717, 1.165) is 6.04 Å². The van der Waals surface area contributed by atoms with Crippen LogP contribution in [0.5, 0.6) is 0 Å². The van der Waals surface area contributed by atoms with Crippen LogP contribution < -0.4 is 5.32 Å². The molecule has 0 bridgehead atoms. The van der Waals surface area contributed by atoms with Gasteiger partial charge in [0.15, 0.2) is 0 Å².